The molecule has 1 aromatic rings. The van der Waals surface area contributed by atoms with Crippen LogP contribution in [0.3, 0.4) is 0 Å². The summed E-state index contributed by atoms with van der Waals surface area (Å²) in [5, 5.41) is 15.3. The highest BCUT2D eigenvalue weighted by Gasteiger charge is 2.20. The number of rotatable bonds is 3. The number of likely N-dealkylation sites (tertiary alicyclic amines) is 1. The Balaban J connectivity index is 1.99. The number of H-pyrrole nitrogens is 1. The minimum Gasteiger partial charge on any atom is -0.476 e. The number of nitrogens with zero attached hydrogens (tertiary/aromatic N) is 2. The highest BCUT2D eigenvalue weighted by molar-refractivity contribution is 5.85. The Kier molecular flexibility index (Phi) is 3.24. The number of hydrogen-bond acceptors (Lipinski definition) is 3. The van der Waals surface area contributed by atoms with E-state index in [0.29, 0.717) is 6.04 Å². The van der Waals surface area contributed by atoms with Crippen LogP contribution in [-0.4, -0.2) is 45.8 Å². The van der Waals surface area contributed by atoms with Crippen LogP contribution in [0.2, 0.25) is 0 Å². The number of aromatic amines is 1. The molecule has 1 aliphatic heterocycles. The Morgan fingerprint density at radius 1 is 1.69 bits per heavy atom. The molecule has 0 spiro atoms. The van der Waals surface area contributed by atoms with Gasteiger partial charge in [-0.05, 0) is 32.5 Å². The van der Waals surface area contributed by atoms with Crippen molar-refractivity contribution in [2.45, 2.75) is 31.7 Å². The van der Waals surface area contributed by atoms with Crippen molar-refractivity contribution in [3.63, 3.8) is 0 Å². The number of aromatic carboxylic acids is 1. The lowest BCUT2D eigenvalue weighted by molar-refractivity contribution is 0.0690. The summed E-state index contributed by atoms with van der Waals surface area (Å²) in [6.07, 6.45) is 4.56. The molecule has 0 radical (unpaired) electrons. The Labute approximate surface area is 94.5 Å². The van der Waals surface area contributed by atoms with Gasteiger partial charge in [0.25, 0.3) is 0 Å². The van der Waals surface area contributed by atoms with Crippen LogP contribution in [0, 0.1) is 0 Å². The second-order valence-corrected chi connectivity index (χ2v) is 4.42. The second kappa shape index (κ2) is 4.65. The van der Waals surface area contributed by atoms with Crippen LogP contribution in [0.15, 0.2) is 6.07 Å². The van der Waals surface area contributed by atoms with Gasteiger partial charge >= 0.3 is 5.97 Å². The summed E-state index contributed by atoms with van der Waals surface area (Å²) in [6, 6.07) is 2.14. The van der Waals surface area contributed by atoms with E-state index in [0.717, 1.165) is 18.7 Å². The van der Waals surface area contributed by atoms with Crippen molar-refractivity contribution in [2.75, 3.05) is 13.6 Å². The van der Waals surface area contributed by atoms with E-state index < -0.39 is 5.97 Å². The smallest absolute Gasteiger partial charge is 0.356 e. The van der Waals surface area contributed by atoms with Gasteiger partial charge in [-0.3, -0.25) is 5.10 Å². The predicted molar refractivity (Wildman–Crippen MR) is 59.5 cm³/mol. The molecule has 16 heavy (non-hydrogen) atoms. The summed E-state index contributed by atoms with van der Waals surface area (Å²) < 4.78 is 0. The van der Waals surface area contributed by atoms with E-state index in [1.807, 2.05) is 0 Å². The van der Waals surface area contributed by atoms with Crippen LogP contribution >= 0.6 is 0 Å². The van der Waals surface area contributed by atoms with E-state index in [2.05, 4.69) is 22.1 Å². The highest BCUT2D eigenvalue weighted by Crippen LogP contribution is 2.18. The number of hydrogen-bond donors (Lipinski definition) is 2. The first-order chi connectivity index (χ1) is 7.66. The van der Waals surface area contributed by atoms with Crippen molar-refractivity contribution in [2.24, 2.45) is 0 Å². The first-order valence-electron chi connectivity index (χ1n) is 5.64. The fraction of sp³-hybridized carbons (Fsp3) is 0.636. The molecule has 1 aliphatic rings. The molecular weight excluding hydrogens is 206 g/mol. The zero-order chi connectivity index (χ0) is 11.5. The summed E-state index contributed by atoms with van der Waals surface area (Å²) in [4.78, 5) is 13.0. The predicted octanol–water partition coefficient (Wildman–Crippen LogP) is 1.13. The maximum Gasteiger partial charge on any atom is 0.356 e. The Morgan fingerprint density at radius 3 is 3.12 bits per heavy atom. The van der Waals surface area contributed by atoms with Gasteiger partial charge in [0.2, 0.25) is 0 Å². The molecule has 0 amide bonds. The molecule has 2 rings (SSSR count). The third-order valence-corrected chi connectivity index (χ3v) is 3.23. The number of piperidine rings is 1. The fourth-order valence-corrected chi connectivity index (χ4v) is 2.23. The van der Waals surface area contributed by atoms with Crippen LogP contribution in [0.25, 0.3) is 0 Å². The molecule has 0 bridgehead atoms. The number of carboxylic acids is 1. The topological polar surface area (TPSA) is 69.2 Å². The third-order valence-electron chi connectivity index (χ3n) is 3.23. The molecule has 2 heterocycles. The van der Waals surface area contributed by atoms with Crippen LogP contribution in [0.1, 0.15) is 35.4 Å². The molecule has 1 atom stereocenters. The number of aromatic nitrogens is 2. The molecule has 0 aliphatic carbocycles. The lowest BCUT2D eigenvalue weighted by Gasteiger charge is -2.32. The van der Waals surface area contributed by atoms with E-state index in [9.17, 15) is 4.79 Å². The van der Waals surface area contributed by atoms with Gasteiger partial charge < -0.3 is 10.0 Å². The summed E-state index contributed by atoms with van der Waals surface area (Å²) in [7, 11) is 2.12. The molecule has 1 fully saturated rings. The SMILES string of the molecule is CN1CCCCC1Cc1cc(C(=O)O)n[nH]1. The van der Waals surface area contributed by atoms with E-state index in [-0.39, 0.29) is 5.69 Å². The molecular formula is C11H17N3O2. The van der Waals surface area contributed by atoms with Crippen molar-refractivity contribution in [1.29, 1.82) is 0 Å². The largest absolute Gasteiger partial charge is 0.476 e. The molecule has 5 nitrogen and oxygen atoms in total. The summed E-state index contributed by atoms with van der Waals surface area (Å²) in [5.74, 6) is -0.973. The van der Waals surface area contributed by atoms with Crippen molar-refractivity contribution in [3.8, 4) is 0 Å². The Bertz CT molecular complexity index is 375. The van der Waals surface area contributed by atoms with E-state index in [4.69, 9.17) is 5.11 Å². The minimum atomic E-state index is -0.973. The lowest BCUT2D eigenvalue weighted by atomic mass is 9.99. The van der Waals surface area contributed by atoms with Gasteiger partial charge in [0, 0.05) is 18.2 Å². The minimum absolute atomic E-state index is 0.105. The van der Waals surface area contributed by atoms with E-state index >= 15 is 0 Å². The monoisotopic (exact) mass is 223 g/mol. The first-order valence-corrected chi connectivity index (χ1v) is 5.64. The average Bonchev–Trinajstić information content (AvgIpc) is 2.70. The normalized spacial score (nSPS) is 22.2. The Morgan fingerprint density at radius 2 is 2.50 bits per heavy atom. The quantitative estimate of drug-likeness (QED) is 0.806. The van der Waals surface area contributed by atoms with Crippen LogP contribution in [0.5, 0.6) is 0 Å². The van der Waals surface area contributed by atoms with Crippen molar-refractivity contribution in [1.82, 2.24) is 15.1 Å². The maximum atomic E-state index is 10.7. The number of carboxylic acid groups (broad SMARTS) is 1. The molecule has 1 aromatic heterocycles. The number of carbonyl (C=O) groups is 1. The van der Waals surface area contributed by atoms with Crippen molar-refractivity contribution in [3.05, 3.63) is 17.5 Å². The molecule has 5 heteroatoms. The molecule has 1 unspecified atom stereocenters. The van der Waals surface area contributed by atoms with Crippen LogP contribution < -0.4 is 0 Å². The van der Waals surface area contributed by atoms with Crippen molar-refractivity contribution < 1.29 is 9.90 Å². The average molecular weight is 223 g/mol. The zero-order valence-corrected chi connectivity index (χ0v) is 9.44. The van der Waals surface area contributed by atoms with E-state index in [1.54, 1.807) is 6.07 Å². The van der Waals surface area contributed by atoms with Gasteiger partial charge in [-0.2, -0.15) is 5.10 Å². The standard InChI is InChI=1S/C11H17N3O2/c1-14-5-3-2-4-9(14)6-8-7-10(11(15)16)13-12-8/h7,9H,2-6H2,1H3,(H,12,13)(H,15,16). The molecule has 0 saturated carbocycles. The maximum absolute atomic E-state index is 10.7. The lowest BCUT2D eigenvalue weighted by Crippen LogP contribution is -2.37. The van der Waals surface area contributed by atoms with Gasteiger partial charge in [-0.1, -0.05) is 6.42 Å². The van der Waals surface area contributed by atoms with Gasteiger partial charge in [-0.25, -0.2) is 4.79 Å². The van der Waals surface area contributed by atoms with Crippen LogP contribution in [0.4, 0.5) is 0 Å². The van der Waals surface area contributed by atoms with E-state index in [1.165, 1.54) is 19.3 Å². The Hall–Kier alpha value is -1.36. The van der Waals surface area contributed by atoms with Gasteiger partial charge in [-0.15, -0.1) is 0 Å². The molecule has 0 aromatic carbocycles. The molecule has 88 valence electrons. The first kappa shape index (κ1) is 11.1. The summed E-state index contributed by atoms with van der Waals surface area (Å²) in [5.41, 5.74) is 1.02. The molecule has 1 saturated heterocycles. The summed E-state index contributed by atoms with van der Waals surface area (Å²) in [6.45, 7) is 1.13. The number of nitrogens with one attached hydrogen (secondary N) is 1. The van der Waals surface area contributed by atoms with Gasteiger partial charge in [0.05, 0.1) is 0 Å². The highest BCUT2D eigenvalue weighted by atomic mass is 16.4. The van der Waals surface area contributed by atoms with Gasteiger partial charge in [0.15, 0.2) is 5.69 Å². The number of likely N-dealkylation sites (N-methyl/N-ethyl adjacent to an activating group) is 1. The second-order valence-electron chi connectivity index (χ2n) is 4.42. The molecule has 2 N–H and O–H groups in total. The van der Waals surface area contributed by atoms with Crippen LogP contribution in [-0.2, 0) is 6.42 Å². The summed E-state index contributed by atoms with van der Waals surface area (Å²) >= 11 is 0. The third kappa shape index (κ3) is 2.41. The zero-order valence-electron chi connectivity index (χ0n) is 9.44. The van der Waals surface area contributed by atoms with Crippen molar-refractivity contribution >= 4 is 5.97 Å². The fourth-order valence-electron chi connectivity index (χ4n) is 2.23. The van der Waals surface area contributed by atoms with Gasteiger partial charge in [0.1, 0.15) is 0 Å².